The molecule has 2 atom stereocenters. The number of rotatable bonds is 3. The van der Waals surface area contributed by atoms with Crippen molar-refractivity contribution in [2.24, 2.45) is 0 Å². The fourth-order valence-electron chi connectivity index (χ4n) is 3.67. The van der Waals surface area contributed by atoms with Gasteiger partial charge in [-0.05, 0) is 37.5 Å². The van der Waals surface area contributed by atoms with Crippen LogP contribution in [0.3, 0.4) is 0 Å². The van der Waals surface area contributed by atoms with E-state index in [-0.39, 0.29) is 12.1 Å². The number of hydrogen-bond acceptors (Lipinski definition) is 6. The predicted molar refractivity (Wildman–Crippen MR) is 95.4 cm³/mol. The van der Waals surface area contributed by atoms with Crippen molar-refractivity contribution in [3.63, 3.8) is 0 Å². The van der Waals surface area contributed by atoms with Crippen LogP contribution in [0.4, 0.5) is 24.9 Å². The number of anilines is 2. The van der Waals surface area contributed by atoms with Crippen LogP contribution in [0, 0.1) is 0 Å². The molecule has 0 saturated carbocycles. The van der Waals surface area contributed by atoms with Crippen molar-refractivity contribution in [2.75, 3.05) is 23.4 Å². The minimum Gasteiger partial charge on any atom is -0.343 e. The van der Waals surface area contributed by atoms with Crippen molar-refractivity contribution in [3.05, 3.63) is 41.3 Å². The highest BCUT2D eigenvalue weighted by Gasteiger charge is 2.38. The van der Waals surface area contributed by atoms with Gasteiger partial charge in [-0.25, -0.2) is 15.0 Å². The first-order valence-corrected chi connectivity index (χ1v) is 9.07. The number of fused-ring (bicyclic) bond motifs is 1. The third-order valence-electron chi connectivity index (χ3n) is 4.99. The molecule has 2 aromatic rings. The minimum absolute atomic E-state index is 0.00258. The van der Waals surface area contributed by atoms with E-state index < -0.39 is 11.9 Å². The zero-order chi connectivity index (χ0) is 19.0. The maximum Gasteiger partial charge on any atom is 0.433 e. The molecule has 0 bridgehead atoms. The van der Waals surface area contributed by atoms with E-state index in [1.54, 1.807) is 12.3 Å². The van der Waals surface area contributed by atoms with Crippen molar-refractivity contribution in [3.8, 4) is 0 Å². The third kappa shape index (κ3) is 3.93. The van der Waals surface area contributed by atoms with Crippen LogP contribution >= 0.6 is 11.6 Å². The van der Waals surface area contributed by atoms with Gasteiger partial charge in [-0.1, -0.05) is 11.6 Å². The maximum atomic E-state index is 12.9. The topological polar surface area (TPSA) is 57.2 Å². The molecule has 1 N–H and O–H groups in total. The van der Waals surface area contributed by atoms with Gasteiger partial charge in [0.25, 0.3) is 0 Å². The standard InChI is InChI=1S/C17H18ClF3N6/c18-11-1-3-14(23-9-11)26-8-6-12-2-4-15(27(12)10-26)25-16-22-7-5-13(24-16)17(19,20)21/h1,3,5,7,9,12,15H,2,4,6,8,10H2,(H,22,24,25)/t12-,15-/m0/s1. The highest BCUT2D eigenvalue weighted by atomic mass is 35.5. The molecule has 0 amide bonds. The SMILES string of the molecule is FC(F)(F)c1ccnc(N[C@@H]2CC[C@H]3CCN(c4ccc(Cl)cn4)CN32)n1. The maximum absolute atomic E-state index is 12.9. The zero-order valence-electron chi connectivity index (χ0n) is 14.3. The number of hydrogen-bond donors (Lipinski definition) is 1. The number of pyridine rings is 1. The second-order valence-corrected chi connectivity index (χ2v) is 7.13. The Morgan fingerprint density at radius 2 is 1.96 bits per heavy atom. The van der Waals surface area contributed by atoms with E-state index in [9.17, 15) is 13.2 Å². The van der Waals surface area contributed by atoms with Gasteiger partial charge >= 0.3 is 6.18 Å². The van der Waals surface area contributed by atoms with E-state index in [1.165, 1.54) is 0 Å². The molecule has 144 valence electrons. The van der Waals surface area contributed by atoms with Gasteiger partial charge in [0.05, 0.1) is 17.9 Å². The Balaban J connectivity index is 1.48. The molecule has 2 aliphatic rings. The first kappa shape index (κ1) is 18.2. The van der Waals surface area contributed by atoms with E-state index in [0.717, 1.165) is 43.9 Å². The lowest BCUT2D eigenvalue weighted by Gasteiger charge is -2.41. The highest BCUT2D eigenvalue weighted by molar-refractivity contribution is 6.30. The summed E-state index contributed by atoms with van der Waals surface area (Å²) >= 11 is 5.90. The summed E-state index contributed by atoms with van der Waals surface area (Å²) in [7, 11) is 0. The van der Waals surface area contributed by atoms with Crippen LogP contribution in [0.1, 0.15) is 25.0 Å². The first-order valence-electron chi connectivity index (χ1n) is 8.69. The predicted octanol–water partition coefficient (Wildman–Crippen LogP) is 3.61. The van der Waals surface area contributed by atoms with Gasteiger partial charge < -0.3 is 10.2 Å². The lowest BCUT2D eigenvalue weighted by molar-refractivity contribution is -0.141. The molecule has 0 radical (unpaired) electrons. The van der Waals surface area contributed by atoms with Crippen LogP contribution in [0.25, 0.3) is 0 Å². The van der Waals surface area contributed by atoms with Crippen LogP contribution in [0.15, 0.2) is 30.6 Å². The molecule has 0 unspecified atom stereocenters. The van der Waals surface area contributed by atoms with Crippen LogP contribution < -0.4 is 10.2 Å². The number of nitrogens with one attached hydrogen (secondary N) is 1. The third-order valence-corrected chi connectivity index (χ3v) is 5.21. The molecule has 27 heavy (non-hydrogen) atoms. The molecule has 2 saturated heterocycles. The zero-order valence-corrected chi connectivity index (χ0v) is 15.1. The molecule has 2 aromatic heterocycles. The van der Waals surface area contributed by atoms with E-state index >= 15 is 0 Å². The molecule has 4 heterocycles. The van der Waals surface area contributed by atoms with Crippen LogP contribution in [-0.4, -0.2) is 45.3 Å². The summed E-state index contributed by atoms with van der Waals surface area (Å²) in [5, 5.41) is 3.65. The van der Waals surface area contributed by atoms with Gasteiger partial charge in [0.15, 0.2) is 0 Å². The Labute approximate surface area is 159 Å². The van der Waals surface area contributed by atoms with Gasteiger partial charge in [0.1, 0.15) is 11.5 Å². The monoisotopic (exact) mass is 398 g/mol. The summed E-state index contributed by atoms with van der Waals surface area (Å²) in [6.07, 6.45) is 0.911. The number of halogens is 4. The lowest BCUT2D eigenvalue weighted by Crippen LogP contribution is -2.52. The van der Waals surface area contributed by atoms with E-state index in [2.05, 4.69) is 30.1 Å². The summed E-state index contributed by atoms with van der Waals surface area (Å²) in [6.45, 7) is 1.51. The van der Waals surface area contributed by atoms with Crippen molar-refractivity contribution in [1.82, 2.24) is 19.9 Å². The second-order valence-electron chi connectivity index (χ2n) is 6.70. The van der Waals surface area contributed by atoms with Gasteiger partial charge in [0, 0.05) is 25.0 Å². The first-order chi connectivity index (χ1) is 12.9. The van der Waals surface area contributed by atoms with Crippen molar-refractivity contribution in [2.45, 2.75) is 37.6 Å². The lowest BCUT2D eigenvalue weighted by atomic mass is 10.1. The Morgan fingerprint density at radius 1 is 1.11 bits per heavy atom. The average molecular weight is 399 g/mol. The van der Waals surface area contributed by atoms with Crippen LogP contribution in [-0.2, 0) is 6.18 Å². The summed E-state index contributed by atoms with van der Waals surface area (Å²) in [6, 6.07) is 4.93. The van der Waals surface area contributed by atoms with E-state index in [4.69, 9.17) is 11.6 Å². The number of aromatic nitrogens is 3. The molecule has 0 aromatic carbocycles. The van der Waals surface area contributed by atoms with Crippen LogP contribution in [0.5, 0.6) is 0 Å². The largest absolute Gasteiger partial charge is 0.433 e. The fraction of sp³-hybridized carbons (Fsp3) is 0.471. The molecule has 0 spiro atoms. The average Bonchev–Trinajstić information content (AvgIpc) is 3.04. The molecule has 4 rings (SSSR count). The summed E-state index contributed by atoms with van der Waals surface area (Å²) in [5.41, 5.74) is -0.944. The fourth-order valence-corrected chi connectivity index (χ4v) is 3.78. The summed E-state index contributed by atoms with van der Waals surface area (Å²) in [4.78, 5) is 16.3. The molecule has 2 fully saturated rings. The van der Waals surface area contributed by atoms with Crippen molar-refractivity contribution >= 4 is 23.4 Å². The van der Waals surface area contributed by atoms with Gasteiger partial charge in [0.2, 0.25) is 5.95 Å². The second kappa shape index (κ2) is 7.12. The smallest absolute Gasteiger partial charge is 0.343 e. The quantitative estimate of drug-likeness (QED) is 0.852. The van der Waals surface area contributed by atoms with Crippen molar-refractivity contribution in [1.29, 1.82) is 0 Å². The van der Waals surface area contributed by atoms with Gasteiger partial charge in [-0.15, -0.1) is 0 Å². The minimum atomic E-state index is -4.49. The van der Waals surface area contributed by atoms with Gasteiger partial charge in [-0.2, -0.15) is 13.2 Å². The van der Waals surface area contributed by atoms with Gasteiger partial charge in [-0.3, -0.25) is 4.90 Å². The number of nitrogens with zero attached hydrogens (tertiary/aromatic N) is 5. The Kier molecular flexibility index (Phi) is 4.81. The molecule has 10 heteroatoms. The summed E-state index contributed by atoms with van der Waals surface area (Å²) in [5.74, 6) is 0.830. The highest BCUT2D eigenvalue weighted by Crippen LogP contribution is 2.32. The van der Waals surface area contributed by atoms with Crippen molar-refractivity contribution < 1.29 is 13.2 Å². The molecular weight excluding hydrogens is 381 g/mol. The Morgan fingerprint density at radius 3 is 2.70 bits per heavy atom. The molecule has 2 aliphatic heterocycles. The molecule has 6 nitrogen and oxygen atoms in total. The normalized spacial score (nSPS) is 23.3. The number of alkyl halides is 3. The molecular formula is C17H18ClF3N6. The summed E-state index contributed by atoms with van der Waals surface area (Å²) < 4.78 is 38.6. The Bertz CT molecular complexity index is 800. The van der Waals surface area contributed by atoms with Crippen LogP contribution in [0.2, 0.25) is 5.02 Å². The van der Waals surface area contributed by atoms with E-state index in [0.29, 0.717) is 17.7 Å². The van der Waals surface area contributed by atoms with E-state index in [1.807, 2.05) is 6.07 Å². The molecule has 0 aliphatic carbocycles. The Hall–Kier alpha value is -2.13.